The SMILES string of the molecule is CN(C)c1cccc(Oc2cccc(N(Cc3cc(C(F)(F)F)ccc3F)C[C@@H](O)C(F)(F)F)c2)c1. The molecule has 0 bridgehead atoms. The van der Waals surface area contributed by atoms with Crippen LogP contribution >= 0.6 is 0 Å². The Bertz CT molecular complexity index is 1180. The molecule has 4 nitrogen and oxygen atoms in total. The maximum absolute atomic E-state index is 14.4. The number of anilines is 2. The molecule has 1 N–H and O–H groups in total. The molecule has 3 aromatic rings. The summed E-state index contributed by atoms with van der Waals surface area (Å²) in [7, 11) is 3.66. The van der Waals surface area contributed by atoms with Gasteiger partial charge in [0.05, 0.1) is 12.1 Å². The van der Waals surface area contributed by atoms with Crippen LogP contribution in [-0.4, -0.2) is 38.0 Å². The number of rotatable bonds is 8. The summed E-state index contributed by atoms with van der Waals surface area (Å²) in [5.74, 6) is -0.369. The van der Waals surface area contributed by atoms with Crippen LogP contribution in [0, 0.1) is 5.82 Å². The van der Waals surface area contributed by atoms with Gasteiger partial charge >= 0.3 is 12.4 Å². The molecule has 1 atom stereocenters. The summed E-state index contributed by atoms with van der Waals surface area (Å²) in [6.45, 7) is -1.71. The number of hydrogen-bond donors (Lipinski definition) is 1. The van der Waals surface area contributed by atoms with E-state index in [9.17, 15) is 35.8 Å². The van der Waals surface area contributed by atoms with Crippen LogP contribution in [0.1, 0.15) is 11.1 Å². The quantitative estimate of drug-likeness (QED) is 0.341. The molecule has 0 fully saturated rings. The van der Waals surface area contributed by atoms with E-state index in [0.29, 0.717) is 23.9 Å². The molecule has 0 aromatic heterocycles. The fourth-order valence-electron chi connectivity index (χ4n) is 3.36. The summed E-state index contributed by atoms with van der Waals surface area (Å²) < 4.78 is 98.9. The smallest absolute Gasteiger partial charge is 0.416 e. The zero-order valence-electron chi connectivity index (χ0n) is 19.2. The largest absolute Gasteiger partial charge is 0.457 e. The second-order valence-corrected chi connectivity index (χ2v) is 8.23. The first-order valence-corrected chi connectivity index (χ1v) is 10.6. The Morgan fingerprint density at radius 2 is 1.42 bits per heavy atom. The molecule has 0 unspecified atom stereocenters. The normalized spacial score (nSPS) is 12.8. The Morgan fingerprint density at radius 3 is 1.97 bits per heavy atom. The van der Waals surface area contributed by atoms with E-state index < -0.39 is 48.5 Å². The van der Waals surface area contributed by atoms with Crippen molar-refractivity contribution in [2.45, 2.75) is 25.0 Å². The summed E-state index contributed by atoms with van der Waals surface area (Å²) in [5.41, 5.74) is -0.715. The molecule has 0 saturated heterocycles. The highest BCUT2D eigenvalue weighted by Crippen LogP contribution is 2.33. The Labute approximate surface area is 203 Å². The summed E-state index contributed by atoms with van der Waals surface area (Å²) in [5, 5.41) is 9.66. The molecule has 0 radical (unpaired) electrons. The third-order valence-electron chi connectivity index (χ3n) is 5.26. The van der Waals surface area contributed by atoms with Gasteiger partial charge in [-0.1, -0.05) is 12.1 Å². The minimum absolute atomic E-state index is 0.0800. The van der Waals surface area contributed by atoms with E-state index >= 15 is 0 Å². The number of aliphatic hydroxyl groups is 1. The lowest BCUT2D eigenvalue weighted by Gasteiger charge is -2.29. The van der Waals surface area contributed by atoms with Crippen LogP contribution in [0.25, 0.3) is 0 Å². The van der Waals surface area contributed by atoms with Gasteiger partial charge in [0.1, 0.15) is 17.3 Å². The van der Waals surface area contributed by atoms with Gasteiger partial charge in [-0.25, -0.2) is 4.39 Å². The Kier molecular flexibility index (Phi) is 8.02. The zero-order chi connectivity index (χ0) is 26.7. The molecule has 11 heteroatoms. The molecular weight excluding hydrogens is 493 g/mol. The van der Waals surface area contributed by atoms with Gasteiger partial charge in [0, 0.05) is 49.7 Å². The standard InChI is InChI=1S/C25H23F7N2O2/c1-33(2)18-5-3-7-20(12-18)36-21-8-4-6-19(13-21)34(15-23(35)25(30,31)32)14-16-11-17(24(27,28)29)9-10-22(16)26/h3-13,23,35H,14-15H2,1-2H3/t23-/m1/s1. The number of hydrogen-bond acceptors (Lipinski definition) is 4. The van der Waals surface area contributed by atoms with Crippen LogP contribution in [0.4, 0.5) is 42.1 Å². The molecule has 36 heavy (non-hydrogen) atoms. The van der Waals surface area contributed by atoms with Gasteiger partial charge in [-0.3, -0.25) is 0 Å². The van der Waals surface area contributed by atoms with E-state index in [1.54, 1.807) is 18.2 Å². The third-order valence-corrected chi connectivity index (χ3v) is 5.26. The molecule has 0 spiro atoms. The molecule has 0 saturated carbocycles. The fraction of sp³-hybridized carbons (Fsp3) is 0.280. The van der Waals surface area contributed by atoms with E-state index in [1.807, 2.05) is 25.1 Å². The summed E-state index contributed by atoms with van der Waals surface area (Å²) in [6, 6.07) is 14.4. The summed E-state index contributed by atoms with van der Waals surface area (Å²) >= 11 is 0. The van der Waals surface area contributed by atoms with Crippen LogP contribution in [-0.2, 0) is 12.7 Å². The average molecular weight is 516 g/mol. The van der Waals surface area contributed by atoms with Gasteiger partial charge in [-0.2, -0.15) is 26.3 Å². The van der Waals surface area contributed by atoms with Crippen molar-refractivity contribution in [2.75, 3.05) is 30.4 Å². The second kappa shape index (κ2) is 10.7. The van der Waals surface area contributed by atoms with E-state index in [2.05, 4.69) is 0 Å². The van der Waals surface area contributed by atoms with Gasteiger partial charge in [-0.15, -0.1) is 0 Å². The van der Waals surface area contributed by atoms with Gasteiger partial charge in [0.15, 0.2) is 6.10 Å². The predicted octanol–water partition coefficient (Wildman–Crippen LogP) is 6.63. The third kappa shape index (κ3) is 7.03. The Hall–Kier alpha value is -3.47. The van der Waals surface area contributed by atoms with Gasteiger partial charge in [0.25, 0.3) is 0 Å². The predicted molar refractivity (Wildman–Crippen MR) is 122 cm³/mol. The van der Waals surface area contributed by atoms with Crippen molar-refractivity contribution in [2.24, 2.45) is 0 Å². The number of aliphatic hydroxyl groups excluding tert-OH is 1. The molecule has 0 heterocycles. The van der Waals surface area contributed by atoms with Crippen LogP contribution in [0.15, 0.2) is 66.7 Å². The first kappa shape index (κ1) is 27.1. The summed E-state index contributed by atoms with van der Waals surface area (Å²) in [6.07, 6.45) is -12.6. The van der Waals surface area contributed by atoms with Gasteiger partial charge in [0.2, 0.25) is 0 Å². The highest BCUT2D eigenvalue weighted by molar-refractivity contribution is 5.54. The van der Waals surface area contributed by atoms with Crippen molar-refractivity contribution in [3.05, 3.63) is 83.7 Å². The molecule has 0 aliphatic carbocycles. The number of benzene rings is 3. The van der Waals surface area contributed by atoms with E-state index in [-0.39, 0.29) is 11.4 Å². The van der Waals surface area contributed by atoms with Crippen molar-refractivity contribution < 1.29 is 40.6 Å². The minimum Gasteiger partial charge on any atom is -0.457 e. The minimum atomic E-state index is -4.99. The van der Waals surface area contributed by atoms with Crippen LogP contribution in [0.2, 0.25) is 0 Å². The molecule has 3 aromatic carbocycles. The molecular formula is C25H23F7N2O2. The van der Waals surface area contributed by atoms with Crippen molar-refractivity contribution >= 4 is 11.4 Å². The molecule has 0 aliphatic rings. The lowest BCUT2D eigenvalue weighted by atomic mass is 10.1. The van der Waals surface area contributed by atoms with Crippen molar-refractivity contribution in [3.8, 4) is 11.5 Å². The van der Waals surface area contributed by atoms with Gasteiger partial charge in [-0.05, 0) is 42.5 Å². The highest BCUT2D eigenvalue weighted by atomic mass is 19.4. The molecule has 0 amide bonds. The number of nitrogens with zero attached hydrogens (tertiary/aromatic N) is 2. The van der Waals surface area contributed by atoms with Crippen LogP contribution in [0.3, 0.4) is 0 Å². The highest BCUT2D eigenvalue weighted by Gasteiger charge is 2.39. The Balaban J connectivity index is 1.95. The summed E-state index contributed by atoms with van der Waals surface area (Å²) in [4.78, 5) is 2.78. The van der Waals surface area contributed by atoms with E-state index in [0.717, 1.165) is 10.6 Å². The maximum atomic E-state index is 14.4. The van der Waals surface area contributed by atoms with E-state index in [4.69, 9.17) is 4.74 Å². The zero-order valence-corrected chi connectivity index (χ0v) is 19.2. The fourth-order valence-corrected chi connectivity index (χ4v) is 3.36. The molecule has 194 valence electrons. The molecule has 3 rings (SSSR count). The first-order chi connectivity index (χ1) is 16.7. The Morgan fingerprint density at radius 1 is 0.833 bits per heavy atom. The van der Waals surface area contributed by atoms with E-state index in [1.165, 1.54) is 24.3 Å². The number of halogens is 7. The topological polar surface area (TPSA) is 35.9 Å². The van der Waals surface area contributed by atoms with Crippen molar-refractivity contribution in [1.82, 2.24) is 0 Å². The van der Waals surface area contributed by atoms with Crippen molar-refractivity contribution in [3.63, 3.8) is 0 Å². The average Bonchev–Trinajstić information content (AvgIpc) is 2.79. The number of alkyl halides is 6. The lowest BCUT2D eigenvalue weighted by molar-refractivity contribution is -0.200. The van der Waals surface area contributed by atoms with Gasteiger partial charge < -0.3 is 19.6 Å². The second-order valence-electron chi connectivity index (χ2n) is 8.23. The van der Waals surface area contributed by atoms with Crippen LogP contribution in [0.5, 0.6) is 11.5 Å². The maximum Gasteiger partial charge on any atom is 0.416 e. The molecule has 0 aliphatic heterocycles. The monoisotopic (exact) mass is 516 g/mol. The van der Waals surface area contributed by atoms with Crippen molar-refractivity contribution in [1.29, 1.82) is 0 Å². The van der Waals surface area contributed by atoms with Crippen LogP contribution < -0.4 is 14.5 Å². The first-order valence-electron chi connectivity index (χ1n) is 10.6. The lowest BCUT2D eigenvalue weighted by Crippen LogP contribution is -2.41. The number of ether oxygens (including phenoxy) is 1.